The molecule has 32 heavy (non-hydrogen) atoms. The highest BCUT2D eigenvalue weighted by atomic mass is 28.4. The summed E-state index contributed by atoms with van der Waals surface area (Å²) in [5, 5.41) is 4.61. The third-order valence-corrected chi connectivity index (χ3v) is 11.0. The first-order chi connectivity index (χ1) is 14.8. The van der Waals surface area contributed by atoms with E-state index < -0.39 is 16.6 Å². The maximum absolute atomic E-state index is 6.69. The van der Waals surface area contributed by atoms with Gasteiger partial charge in [0.05, 0.1) is 11.8 Å². The minimum absolute atomic E-state index is 0.112. The molecule has 4 aliphatic carbocycles. The predicted molar refractivity (Wildman–Crippen MR) is 138 cm³/mol. The highest BCUT2D eigenvalue weighted by Gasteiger charge is 2.61. The summed E-state index contributed by atoms with van der Waals surface area (Å²) in [5.41, 5.74) is 3.36. The minimum atomic E-state index is -1.66. The van der Waals surface area contributed by atoms with Crippen molar-refractivity contribution < 1.29 is 13.7 Å². The molecule has 0 aliphatic heterocycles. The van der Waals surface area contributed by atoms with Gasteiger partial charge in [-0.15, -0.1) is 0 Å². The van der Waals surface area contributed by atoms with Gasteiger partial charge in [0.1, 0.15) is 7.11 Å². The van der Waals surface area contributed by atoms with E-state index in [4.69, 9.17) is 13.7 Å². The molecule has 4 rings (SSSR count). The van der Waals surface area contributed by atoms with Crippen molar-refractivity contribution in [3.05, 3.63) is 11.6 Å². The second-order valence-corrected chi connectivity index (χ2v) is 22.3. The molecule has 7 unspecified atom stereocenters. The topological polar surface area (TPSA) is 40.0 Å². The Morgan fingerprint density at radius 2 is 1.56 bits per heavy atom. The molecule has 182 valence electrons. The summed E-state index contributed by atoms with van der Waals surface area (Å²) < 4.78 is 13.2. The van der Waals surface area contributed by atoms with Gasteiger partial charge in [-0.25, -0.2) is 0 Å². The number of rotatable bonds is 5. The quantitative estimate of drug-likeness (QED) is 0.243. The Morgan fingerprint density at radius 3 is 2.19 bits per heavy atom. The van der Waals surface area contributed by atoms with Crippen LogP contribution in [0.5, 0.6) is 0 Å². The first kappa shape index (κ1) is 24.7. The fourth-order valence-electron chi connectivity index (χ4n) is 7.80. The smallest absolute Gasteiger partial charge is 0.184 e. The second-order valence-electron chi connectivity index (χ2n) is 13.4. The van der Waals surface area contributed by atoms with Gasteiger partial charge in [0.15, 0.2) is 16.6 Å². The van der Waals surface area contributed by atoms with E-state index in [-0.39, 0.29) is 11.5 Å². The molecule has 7 atom stereocenters. The molecule has 4 aliphatic rings. The average molecular weight is 478 g/mol. The van der Waals surface area contributed by atoms with Gasteiger partial charge in [-0.3, -0.25) is 0 Å². The predicted octanol–water partition coefficient (Wildman–Crippen LogP) is 7.00. The average Bonchev–Trinajstić information content (AvgIpc) is 2.92. The van der Waals surface area contributed by atoms with Crippen LogP contribution in [0.2, 0.25) is 39.3 Å². The van der Waals surface area contributed by atoms with Gasteiger partial charge < -0.3 is 13.7 Å². The molecule has 0 N–H and O–H groups in total. The van der Waals surface area contributed by atoms with Crippen molar-refractivity contribution in [1.82, 2.24) is 0 Å². The molecule has 0 spiro atoms. The zero-order chi connectivity index (χ0) is 23.5. The Hall–Kier alpha value is -0.436. The van der Waals surface area contributed by atoms with Crippen LogP contribution >= 0.6 is 0 Å². The number of hydrogen-bond donors (Lipinski definition) is 0. The van der Waals surface area contributed by atoms with Crippen molar-refractivity contribution in [3.8, 4) is 0 Å². The Bertz CT molecular complexity index is 783. The lowest BCUT2D eigenvalue weighted by Gasteiger charge is -2.57. The Morgan fingerprint density at radius 1 is 0.906 bits per heavy atom. The third kappa shape index (κ3) is 4.46. The molecule has 6 heteroatoms. The number of fused-ring (bicyclic) bond motifs is 5. The molecule has 0 radical (unpaired) electrons. The zero-order valence-corrected chi connectivity index (χ0v) is 24.1. The third-order valence-electron chi connectivity index (χ3n) is 9.01. The molecular formula is C26H47NO3Si2. The summed E-state index contributed by atoms with van der Waals surface area (Å²) in [7, 11) is -1.46. The van der Waals surface area contributed by atoms with Gasteiger partial charge in [-0.2, -0.15) is 0 Å². The van der Waals surface area contributed by atoms with Gasteiger partial charge >= 0.3 is 0 Å². The first-order valence-electron chi connectivity index (χ1n) is 12.9. The van der Waals surface area contributed by atoms with E-state index in [1.54, 1.807) is 12.7 Å². The molecule has 3 saturated carbocycles. The van der Waals surface area contributed by atoms with Crippen LogP contribution < -0.4 is 0 Å². The van der Waals surface area contributed by atoms with Gasteiger partial charge in [0, 0.05) is 11.5 Å². The zero-order valence-electron chi connectivity index (χ0n) is 22.1. The van der Waals surface area contributed by atoms with E-state index in [1.807, 2.05) is 0 Å². The van der Waals surface area contributed by atoms with E-state index in [0.29, 0.717) is 17.4 Å². The number of hydrogen-bond acceptors (Lipinski definition) is 4. The lowest BCUT2D eigenvalue weighted by atomic mass is 9.48. The fourth-order valence-corrected chi connectivity index (χ4v) is 10.1. The van der Waals surface area contributed by atoms with Crippen molar-refractivity contribution in [3.63, 3.8) is 0 Å². The van der Waals surface area contributed by atoms with Crippen LogP contribution in [0.4, 0.5) is 0 Å². The number of nitrogens with zero attached hydrogens (tertiary/aromatic N) is 1. The highest BCUT2D eigenvalue weighted by molar-refractivity contribution is 6.70. The molecular weight excluding hydrogens is 430 g/mol. The maximum atomic E-state index is 6.69. The summed E-state index contributed by atoms with van der Waals surface area (Å²) in [4.78, 5) is 5.38. The van der Waals surface area contributed by atoms with Crippen LogP contribution in [-0.2, 0) is 13.7 Å². The van der Waals surface area contributed by atoms with Gasteiger partial charge in [0.2, 0.25) is 0 Å². The summed E-state index contributed by atoms with van der Waals surface area (Å²) >= 11 is 0. The van der Waals surface area contributed by atoms with Crippen molar-refractivity contribution >= 4 is 22.3 Å². The molecule has 0 aromatic heterocycles. The van der Waals surface area contributed by atoms with Crippen molar-refractivity contribution in [2.24, 2.45) is 33.7 Å². The van der Waals surface area contributed by atoms with Crippen LogP contribution in [0.25, 0.3) is 0 Å². The highest BCUT2D eigenvalue weighted by Crippen LogP contribution is 2.64. The molecule has 0 aromatic rings. The van der Waals surface area contributed by atoms with Crippen LogP contribution in [0.15, 0.2) is 16.8 Å². The lowest BCUT2D eigenvalue weighted by Crippen LogP contribution is -2.51. The molecule has 3 fully saturated rings. The van der Waals surface area contributed by atoms with Crippen LogP contribution in [0.3, 0.4) is 0 Å². The van der Waals surface area contributed by atoms with Gasteiger partial charge in [-0.05, 0) is 107 Å². The van der Waals surface area contributed by atoms with Crippen LogP contribution in [0.1, 0.15) is 58.8 Å². The largest absolute Gasteiger partial charge is 0.414 e. The Balaban J connectivity index is 1.60. The maximum Gasteiger partial charge on any atom is 0.184 e. The summed E-state index contributed by atoms with van der Waals surface area (Å²) in [6.07, 6.45) is 11.7. The second kappa shape index (κ2) is 8.35. The van der Waals surface area contributed by atoms with Crippen LogP contribution in [0, 0.1) is 28.6 Å². The lowest BCUT2D eigenvalue weighted by molar-refractivity contribution is -0.0215. The van der Waals surface area contributed by atoms with E-state index in [0.717, 1.165) is 24.7 Å². The van der Waals surface area contributed by atoms with Crippen molar-refractivity contribution in [2.45, 2.75) is 110 Å². The fraction of sp³-hybridized carbons (Fsp3) is 0.885. The Kier molecular flexibility index (Phi) is 6.44. The molecule has 0 aromatic carbocycles. The van der Waals surface area contributed by atoms with Gasteiger partial charge in [0.25, 0.3) is 0 Å². The van der Waals surface area contributed by atoms with E-state index in [1.165, 1.54) is 37.8 Å². The van der Waals surface area contributed by atoms with Crippen molar-refractivity contribution in [1.29, 1.82) is 0 Å². The molecule has 0 bridgehead atoms. The van der Waals surface area contributed by atoms with Gasteiger partial charge in [-0.1, -0.05) is 30.7 Å². The van der Waals surface area contributed by atoms with Crippen molar-refractivity contribution in [2.75, 3.05) is 7.11 Å². The Labute approximate surface area is 198 Å². The summed E-state index contributed by atoms with van der Waals surface area (Å²) in [5.74, 6) is 2.15. The number of allylic oxidation sites excluding steroid dienone is 1. The molecule has 0 saturated heterocycles. The van der Waals surface area contributed by atoms with E-state index in [2.05, 4.69) is 64.4 Å². The normalized spacial score (nSPS) is 43.3. The molecule has 0 heterocycles. The number of oxime groups is 1. The van der Waals surface area contributed by atoms with Crippen LogP contribution in [-0.4, -0.2) is 41.7 Å². The monoisotopic (exact) mass is 477 g/mol. The minimum Gasteiger partial charge on any atom is -0.414 e. The molecule has 4 nitrogen and oxygen atoms in total. The molecule has 0 amide bonds. The summed E-state index contributed by atoms with van der Waals surface area (Å²) in [6, 6.07) is 0. The summed E-state index contributed by atoms with van der Waals surface area (Å²) in [6.45, 7) is 18.9. The van der Waals surface area contributed by atoms with E-state index in [9.17, 15) is 0 Å². The standard InChI is InChI=1S/C26H47NO3Si2/c1-25-14-12-19(29-31(4,5)6)16-18(25)10-11-20-21(25)13-15-26(2)22(20)17-23(24(26)27-28-3)30-32(7,8)9/h10,19-23H,11-17H2,1-9H3/b27-24+. The first-order valence-corrected chi connectivity index (χ1v) is 19.8. The SMILES string of the molecule is CO/N=C1\C(O[Si](C)(C)C)CC2C3CC=C4CC(O[Si](C)(C)C)CCC4(C)C3CCC12C. The van der Waals surface area contributed by atoms with E-state index >= 15 is 0 Å².